The van der Waals surface area contributed by atoms with Gasteiger partial charge in [0.15, 0.2) is 0 Å². The van der Waals surface area contributed by atoms with Crippen molar-refractivity contribution in [3.63, 3.8) is 0 Å². The third-order valence-electron chi connectivity index (χ3n) is 3.43. The molecule has 1 aromatic heterocycles. The fourth-order valence-corrected chi connectivity index (χ4v) is 3.89. The van der Waals surface area contributed by atoms with E-state index in [1.54, 1.807) is 0 Å². The highest BCUT2D eigenvalue weighted by Crippen LogP contribution is 2.36. The van der Waals surface area contributed by atoms with Crippen molar-refractivity contribution in [2.75, 3.05) is 0 Å². The average Bonchev–Trinajstić information content (AvgIpc) is 2.68. The third kappa shape index (κ3) is 2.05. The smallest absolute Gasteiger partial charge is 0.0314 e. The summed E-state index contributed by atoms with van der Waals surface area (Å²) in [4.78, 5) is 1.48. The van der Waals surface area contributed by atoms with Crippen LogP contribution in [0, 0.1) is 11.8 Å². The summed E-state index contributed by atoms with van der Waals surface area (Å²) in [6.45, 7) is 2.30. The summed E-state index contributed by atoms with van der Waals surface area (Å²) < 4.78 is 1.27. The lowest BCUT2D eigenvalue weighted by atomic mass is 9.92. The van der Waals surface area contributed by atoms with Crippen LogP contribution in [0.1, 0.15) is 24.6 Å². The Bertz CT molecular complexity index is 310. The molecule has 0 bridgehead atoms. The molecule has 2 N–H and O–H groups in total. The van der Waals surface area contributed by atoms with Gasteiger partial charge in [-0.3, -0.25) is 0 Å². The molecule has 78 valence electrons. The molecule has 14 heavy (non-hydrogen) atoms. The fourth-order valence-electron chi connectivity index (χ4n) is 2.28. The van der Waals surface area contributed by atoms with Gasteiger partial charge in [-0.15, -0.1) is 11.3 Å². The first-order valence-electron chi connectivity index (χ1n) is 5.16. The summed E-state index contributed by atoms with van der Waals surface area (Å²) in [5.74, 6) is 1.48. The molecule has 1 saturated carbocycles. The minimum atomic E-state index is 0.429. The van der Waals surface area contributed by atoms with Crippen molar-refractivity contribution in [2.45, 2.75) is 32.2 Å². The van der Waals surface area contributed by atoms with Crippen LogP contribution in [0.15, 0.2) is 15.9 Å². The van der Waals surface area contributed by atoms with E-state index in [2.05, 4.69) is 34.3 Å². The molecule has 1 heterocycles. The molecule has 0 aliphatic heterocycles. The highest BCUT2D eigenvalue weighted by atomic mass is 79.9. The van der Waals surface area contributed by atoms with E-state index in [1.165, 1.54) is 28.6 Å². The Balaban J connectivity index is 2.02. The first-order valence-corrected chi connectivity index (χ1v) is 6.83. The molecule has 3 atom stereocenters. The monoisotopic (exact) mass is 273 g/mol. The SMILES string of the molecule is CC1C(N)CCC1Cc1sccc1Br. The van der Waals surface area contributed by atoms with E-state index in [0.717, 1.165) is 5.92 Å². The van der Waals surface area contributed by atoms with Crippen molar-refractivity contribution in [2.24, 2.45) is 17.6 Å². The van der Waals surface area contributed by atoms with Crippen LogP contribution in [-0.4, -0.2) is 6.04 Å². The van der Waals surface area contributed by atoms with Gasteiger partial charge in [-0.1, -0.05) is 6.92 Å². The summed E-state index contributed by atoms with van der Waals surface area (Å²) in [5, 5.41) is 2.15. The van der Waals surface area contributed by atoms with Crippen molar-refractivity contribution in [3.05, 3.63) is 20.8 Å². The Morgan fingerprint density at radius 3 is 2.86 bits per heavy atom. The second kappa shape index (κ2) is 4.33. The summed E-state index contributed by atoms with van der Waals surface area (Å²) in [7, 11) is 0. The Kier molecular flexibility index (Phi) is 3.30. The number of hydrogen-bond donors (Lipinski definition) is 1. The number of halogens is 1. The van der Waals surface area contributed by atoms with Gasteiger partial charge in [-0.05, 0) is 58.5 Å². The van der Waals surface area contributed by atoms with Crippen molar-refractivity contribution in [1.29, 1.82) is 0 Å². The zero-order chi connectivity index (χ0) is 10.1. The maximum atomic E-state index is 6.03. The van der Waals surface area contributed by atoms with E-state index in [9.17, 15) is 0 Å². The van der Waals surface area contributed by atoms with Crippen LogP contribution < -0.4 is 5.73 Å². The molecule has 1 fully saturated rings. The Morgan fingerprint density at radius 1 is 1.57 bits per heavy atom. The first kappa shape index (κ1) is 10.7. The molecule has 1 aromatic rings. The minimum absolute atomic E-state index is 0.429. The van der Waals surface area contributed by atoms with Gasteiger partial charge in [0, 0.05) is 15.4 Å². The second-order valence-corrected chi connectivity index (χ2v) is 6.11. The topological polar surface area (TPSA) is 26.0 Å². The van der Waals surface area contributed by atoms with Crippen molar-refractivity contribution < 1.29 is 0 Å². The van der Waals surface area contributed by atoms with Crippen molar-refractivity contribution in [3.8, 4) is 0 Å². The molecule has 0 amide bonds. The lowest BCUT2D eigenvalue weighted by Gasteiger charge is -2.17. The molecule has 3 heteroatoms. The predicted molar refractivity (Wildman–Crippen MR) is 65.6 cm³/mol. The number of hydrogen-bond acceptors (Lipinski definition) is 2. The highest BCUT2D eigenvalue weighted by Gasteiger charge is 2.30. The zero-order valence-electron chi connectivity index (χ0n) is 8.37. The molecule has 1 aliphatic rings. The summed E-state index contributed by atoms with van der Waals surface area (Å²) in [5.41, 5.74) is 6.03. The quantitative estimate of drug-likeness (QED) is 0.878. The van der Waals surface area contributed by atoms with Gasteiger partial charge in [0.1, 0.15) is 0 Å². The molecule has 3 unspecified atom stereocenters. The Hall–Kier alpha value is 0.140. The molecule has 1 aliphatic carbocycles. The number of thiophene rings is 1. The maximum absolute atomic E-state index is 6.03. The van der Waals surface area contributed by atoms with E-state index >= 15 is 0 Å². The Morgan fingerprint density at radius 2 is 2.36 bits per heavy atom. The molecular formula is C11H16BrNS. The van der Waals surface area contributed by atoms with E-state index in [4.69, 9.17) is 5.73 Å². The first-order chi connectivity index (χ1) is 6.68. The van der Waals surface area contributed by atoms with Gasteiger partial charge in [-0.25, -0.2) is 0 Å². The normalized spacial score (nSPS) is 32.4. The van der Waals surface area contributed by atoms with Crippen LogP contribution in [0.4, 0.5) is 0 Å². The van der Waals surface area contributed by atoms with Gasteiger partial charge < -0.3 is 5.73 Å². The van der Waals surface area contributed by atoms with Gasteiger partial charge in [0.2, 0.25) is 0 Å². The summed E-state index contributed by atoms with van der Waals surface area (Å²) in [6, 6.07) is 2.57. The van der Waals surface area contributed by atoms with Gasteiger partial charge in [-0.2, -0.15) is 0 Å². The predicted octanol–water partition coefficient (Wildman–Crippen LogP) is 3.43. The van der Waals surface area contributed by atoms with Crippen LogP contribution in [0.25, 0.3) is 0 Å². The third-order valence-corrected chi connectivity index (χ3v) is 5.38. The fraction of sp³-hybridized carbons (Fsp3) is 0.636. The van der Waals surface area contributed by atoms with Crippen LogP contribution in [0.5, 0.6) is 0 Å². The van der Waals surface area contributed by atoms with Gasteiger partial charge >= 0.3 is 0 Å². The molecule has 0 radical (unpaired) electrons. The average molecular weight is 274 g/mol. The second-order valence-electron chi connectivity index (χ2n) is 4.26. The number of nitrogens with two attached hydrogens (primary N) is 1. The Labute approximate surface area is 97.8 Å². The van der Waals surface area contributed by atoms with Crippen molar-refractivity contribution >= 4 is 27.3 Å². The molecule has 0 saturated heterocycles. The summed E-state index contributed by atoms with van der Waals surface area (Å²) >= 11 is 5.44. The van der Waals surface area contributed by atoms with Gasteiger partial charge in [0.25, 0.3) is 0 Å². The van der Waals surface area contributed by atoms with E-state index < -0.39 is 0 Å². The standard InChI is InChI=1S/C11H16BrNS/c1-7-8(2-3-10(7)13)6-11-9(12)4-5-14-11/h4-5,7-8,10H,2-3,6,13H2,1H3. The molecule has 2 rings (SSSR count). The highest BCUT2D eigenvalue weighted by molar-refractivity contribution is 9.10. The van der Waals surface area contributed by atoms with E-state index in [0.29, 0.717) is 12.0 Å². The molecule has 1 nitrogen and oxygen atoms in total. The van der Waals surface area contributed by atoms with Gasteiger partial charge in [0.05, 0.1) is 0 Å². The van der Waals surface area contributed by atoms with Crippen LogP contribution in [0.2, 0.25) is 0 Å². The maximum Gasteiger partial charge on any atom is 0.0314 e. The van der Waals surface area contributed by atoms with E-state index in [-0.39, 0.29) is 0 Å². The zero-order valence-corrected chi connectivity index (χ0v) is 10.8. The molecule has 0 aromatic carbocycles. The van der Waals surface area contributed by atoms with Crippen molar-refractivity contribution in [1.82, 2.24) is 0 Å². The van der Waals surface area contributed by atoms with E-state index in [1.807, 2.05) is 11.3 Å². The lowest BCUT2D eigenvalue weighted by Crippen LogP contribution is -2.25. The van der Waals surface area contributed by atoms with Crippen LogP contribution in [0.3, 0.4) is 0 Å². The lowest BCUT2D eigenvalue weighted by molar-refractivity contribution is 0.392. The summed E-state index contributed by atoms with van der Waals surface area (Å²) in [6.07, 6.45) is 3.70. The number of rotatable bonds is 2. The molecular weight excluding hydrogens is 258 g/mol. The minimum Gasteiger partial charge on any atom is -0.327 e. The molecule has 0 spiro atoms. The van der Waals surface area contributed by atoms with Crippen LogP contribution in [-0.2, 0) is 6.42 Å². The van der Waals surface area contributed by atoms with Crippen LogP contribution >= 0.6 is 27.3 Å². The largest absolute Gasteiger partial charge is 0.327 e.